The van der Waals surface area contributed by atoms with Crippen LogP contribution in [-0.2, 0) is 0 Å². The molecule has 0 N–H and O–H groups in total. The third-order valence-corrected chi connectivity index (χ3v) is 7.76. The predicted molar refractivity (Wildman–Crippen MR) is 140 cm³/mol. The third-order valence-electron chi connectivity index (χ3n) is 7.45. The second kappa shape index (κ2) is 10.8. The highest BCUT2D eigenvalue weighted by Crippen LogP contribution is 2.28. The van der Waals surface area contributed by atoms with E-state index in [1.807, 2.05) is 6.92 Å². The molecule has 37 heavy (non-hydrogen) atoms. The molecule has 0 spiro atoms. The van der Waals surface area contributed by atoms with E-state index in [1.165, 1.54) is 0 Å². The molecule has 3 aliphatic heterocycles. The Morgan fingerprint density at radius 2 is 1.89 bits per heavy atom. The van der Waals surface area contributed by atoms with E-state index in [0.717, 1.165) is 62.5 Å². The fraction of sp³-hybridized carbons (Fsp3) is 0.500. The Bertz CT molecular complexity index is 1250. The molecule has 1 aromatic heterocycles. The average molecular weight is 530 g/mol. The largest absolute Gasteiger partial charge is 0.352 e. The van der Waals surface area contributed by atoms with Gasteiger partial charge in [0.1, 0.15) is 11.5 Å². The van der Waals surface area contributed by atoms with Gasteiger partial charge >= 0.3 is 0 Å². The number of aromatic nitrogens is 2. The molecule has 0 saturated carbocycles. The van der Waals surface area contributed by atoms with Crippen LogP contribution in [0, 0.1) is 18.6 Å². The highest BCUT2D eigenvalue weighted by molar-refractivity contribution is 6.33. The lowest BCUT2D eigenvalue weighted by molar-refractivity contribution is 0.0490. The maximum atomic E-state index is 13.7. The number of amidine groups is 1. The zero-order chi connectivity index (χ0) is 26.1. The molecule has 5 rings (SSSR count). The van der Waals surface area contributed by atoms with Crippen molar-refractivity contribution in [3.8, 4) is 0 Å². The van der Waals surface area contributed by atoms with E-state index >= 15 is 0 Å². The van der Waals surface area contributed by atoms with Gasteiger partial charge in [0.25, 0.3) is 5.91 Å². The molecule has 196 valence electrons. The number of anilines is 1. The van der Waals surface area contributed by atoms with Crippen molar-refractivity contribution in [2.75, 3.05) is 44.2 Å². The summed E-state index contributed by atoms with van der Waals surface area (Å²) >= 11 is 6.03. The number of likely N-dealkylation sites (tertiary alicyclic amines) is 1. The van der Waals surface area contributed by atoms with Gasteiger partial charge < -0.3 is 9.80 Å². The van der Waals surface area contributed by atoms with Gasteiger partial charge in [-0.15, -0.1) is 0 Å². The molecule has 8 nitrogen and oxygen atoms in total. The van der Waals surface area contributed by atoms with Gasteiger partial charge in [-0.05, 0) is 38.3 Å². The third kappa shape index (κ3) is 5.22. The quantitative estimate of drug-likeness (QED) is 0.551. The molecule has 2 aromatic rings. The van der Waals surface area contributed by atoms with Crippen LogP contribution in [-0.4, -0.2) is 89.1 Å². The summed E-state index contributed by atoms with van der Waals surface area (Å²) in [5.74, 6) is -0.949. The molecule has 1 amide bonds. The maximum absolute atomic E-state index is 13.7. The Morgan fingerprint density at radius 1 is 1.14 bits per heavy atom. The van der Waals surface area contributed by atoms with Crippen LogP contribution in [0.2, 0.25) is 5.02 Å². The van der Waals surface area contributed by atoms with Gasteiger partial charge in [0.05, 0.1) is 29.0 Å². The van der Waals surface area contributed by atoms with Gasteiger partial charge in [0, 0.05) is 51.0 Å². The first kappa shape index (κ1) is 25.7. The molecular formula is C26H30ClF2N7O. The van der Waals surface area contributed by atoms with Gasteiger partial charge in [-0.1, -0.05) is 18.5 Å². The van der Waals surface area contributed by atoms with E-state index in [9.17, 15) is 13.6 Å². The number of piperazine rings is 1. The normalized spacial score (nSPS) is 21.0. The maximum Gasteiger partial charge on any atom is 0.255 e. The van der Waals surface area contributed by atoms with Crippen LogP contribution in [0.4, 0.5) is 14.6 Å². The Hall–Kier alpha value is -2.98. The second-order valence-electron chi connectivity index (χ2n) is 9.66. The van der Waals surface area contributed by atoms with Gasteiger partial charge in [-0.3, -0.25) is 14.7 Å². The lowest BCUT2D eigenvalue weighted by Crippen LogP contribution is -2.59. The average Bonchev–Trinajstić information content (AvgIpc) is 3.45. The van der Waals surface area contributed by atoms with E-state index < -0.39 is 11.6 Å². The van der Waals surface area contributed by atoms with Crippen molar-refractivity contribution < 1.29 is 13.6 Å². The van der Waals surface area contributed by atoms with Gasteiger partial charge in [0.15, 0.2) is 17.5 Å². The first-order valence-corrected chi connectivity index (χ1v) is 13.1. The van der Waals surface area contributed by atoms with Crippen molar-refractivity contribution >= 4 is 35.4 Å². The number of carbonyl (C=O) groups is 1. The van der Waals surface area contributed by atoms with Crippen molar-refractivity contribution in [1.82, 2.24) is 19.8 Å². The predicted octanol–water partition coefficient (Wildman–Crippen LogP) is 3.75. The molecule has 0 radical (unpaired) electrons. The van der Waals surface area contributed by atoms with Crippen molar-refractivity contribution in [3.63, 3.8) is 0 Å². The van der Waals surface area contributed by atoms with Crippen LogP contribution in [0.25, 0.3) is 0 Å². The summed E-state index contributed by atoms with van der Waals surface area (Å²) in [7, 11) is 0. The summed E-state index contributed by atoms with van der Waals surface area (Å²) in [5.41, 5.74) is 1.58. The summed E-state index contributed by atoms with van der Waals surface area (Å²) < 4.78 is 27.1. The fourth-order valence-corrected chi connectivity index (χ4v) is 5.73. The second-order valence-corrected chi connectivity index (χ2v) is 10.1. The molecule has 0 unspecified atom stereocenters. The highest BCUT2D eigenvalue weighted by atomic mass is 35.5. The number of aliphatic imine (C=N–C) groups is 2. The van der Waals surface area contributed by atoms with Crippen molar-refractivity contribution in [1.29, 1.82) is 0 Å². The molecule has 2 saturated heterocycles. The molecule has 3 aliphatic rings. The van der Waals surface area contributed by atoms with E-state index in [4.69, 9.17) is 21.6 Å². The Morgan fingerprint density at radius 3 is 2.57 bits per heavy atom. The SMILES string of the molecule is CC[C@H]1CN(c2ncc(C3=NCC=N3)nc2C)CCN1C1CCN(C(=O)c2cc(F)c(F)cc2Cl)CC1. The molecular weight excluding hydrogens is 500 g/mol. The molecule has 1 aromatic carbocycles. The van der Waals surface area contributed by atoms with Crippen LogP contribution in [0.15, 0.2) is 28.3 Å². The molecule has 4 heterocycles. The molecule has 1 atom stereocenters. The number of benzene rings is 1. The monoisotopic (exact) mass is 529 g/mol. The van der Waals surface area contributed by atoms with Crippen LogP contribution in [0.5, 0.6) is 0 Å². The number of hydrogen-bond acceptors (Lipinski definition) is 7. The Labute approximate surface area is 220 Å². The number of nitrogens with zero attached hydrogens (tertiary/aromatic N) is 7. The van der Waals surface area contributed by atoms with Crippen molar-refractivity contribution in [2.24, 2.45) is 9.98 Å². The summed E-state index contributed by atoms with van der Waals surface area (Å²) in [6.45, 7) is 8.45. The van der Waals surface area contributed by atoms with Crippen molar-refractivity contribution in [3.05, 3.63) is 51.9 Å². The minimum Gasteiger partial charge on any atom is -0.352 e. The fourth-order valence-electron chi connectivity index (χ4n) is 5.50. The lowest BCUT2D eigenvalue weighted by atomic mass is 9.97. The van der Waals surface area contributed by atoms with Gasteiger partial charge in [0.2, 0.25) is 0 Å². The van der Waals surface area contributed by atoms with E-state index in [2.05, 4.69) is 26.7 Å². The number of halogens is 3. The lowest BCUT2D eigenvalue weighted by Gasteiger charge is -2.47. The number of aryl methyl sites for hydroxylation is 1. The topological polar surface area (TPSA) is 77.3 Å². The first-order chi connectivity index (χ1) is 17.9. The standard InChI is InChI=1S/C26H30ClF2N7O/c1-3-17-15-35(25-16(2)33-23(14-32-25)24-30-6-7-31-24)10-11-36(17)18-4-8-34(9-5-18)26(37)19-12-21(28)22(29)13-20(19)27/h6,12-14,17-18H,3-5,7-11,15H2,1-2H3/t17-/m0/s1. The van der Waals surface area contributed by atoms with Crippen LogP contribution < -0.4 is 4.90 Å². The summed E-state index contributed by atoms with van der Waals surface area (Å²) in [6, 6.07) is 2.46. The summed E-state index contributed by atoms with van der Waals surface area (Å²) in [4.78, 5) is 37.5. The number of rotatable bonds is 5. The first-order valence-electron chi connectivity index (χ1n) is 12.7. The molecule has 0 bridgehead atoms. The van der Waals surface area contributed by atoms with Crippen LogP contribution >= 0.6 is 11.6 Å². The van der Waals surface area contributed by atoms with E-state index in [0.29, 0.717) is 43.2 Å². The highest BCUT2D eigenvalue weighted by Gasteiger charge is 2.35. The van der Waals surface area contributed by atoms with Gasteiger partial charge in [-0.25, -0.2) is 23.7 Å². The Balaban J connectivity index is 1.21. The minimum absolute atomic E-state index is 0.00775. The number of hydrogen-bond donors (Lipinski definition) is 0. The van der Waals surface area contributed by atoms with Crippen molar-refractivity contribution in [2.45, 2.75) is 45.2 Å². The zero-order valence-corrected chi connectivity index (χ0v) is 21.8. The Kier molecular flexibility index (Phi) is 7.48. The molecule has 11 heteroatoms. The van der Waals surface area contributed by atoms with E-state index in [1.54, 1.807) is 17.3 Å². The smallest absolute Gasteiger partial charge is 0.255 e. The van der Waals surface area contributed by atoms with E-state index in [-0.39, 0.29) is 16.5 Å². The minimum atomic E-state index is -1.07. The zero-order valence-electron chi connectivity index (χ0n) is 21.0. The number of carbonyl (C=O) groups excluding carboxylic acids is 1. The molecule has 0 aliphatic carbocycles. The summed E-state index contributed by atoms with van der Waals surface area (Å²) in [6.07, 6.45) is 6.15. The molecule has 2 fully saturated rings. The number of amides is 1. The van der Waals surface area contributed by atoms with Crippen LogP contribution in [0.1, 0.15) is 47.9 Å². The van der Waals surface area contributed by atoms with Gasteiger partial charge in [-0.2, -0.15) is 0 Å². The van der Waals surface area contributed by atoms with Crippen LogP contribution in [0.3, 0.4) is 0 Å². The number of piperidine rings is 1. The summed E-state index contributed by atoms with van der Waals surface area (Å²) in [5, 5.41) is -0.0661.